The molecule has 6 nitrogen and oxygen atoms in total. The molecule has 0 amide bonds. The van der Waals surface area contributed by atoms with Gasteiger partial charge in [-0.15, -0.1) is 0 Å². The van der Waals surface area contributed by atoms with E-state index in [-0.39, 0.29) is 5.56 Å². The maximum Gasteiger partial charge on any atom is 0.335 e. The van der Waals surface area contributed by atoms with Gasteiger partial charge in [0.2, 0.25) is 0 Å². The van der Waals surface area contributed by atoms with Gasteiger partial charge < -0.3 is 19.1 Å². The van der Waals surface area contributed by atoms with Gasteiger partial charge in [-0.05, 0) is 48.4 Å². The largest absolute Gasteiger partial charge is 0.495 e. The van der Waals surface area contributed by atoms with Gasteiger partial charge in [-0.3, -0.25) is 0 Å². The molecule has 1 aromatic carbocycles. The van der Waals surface area contributed by atoms with Crippen molar-refractivity contribution in [1.82, 2.24) is 9.55 Å². The number of rotatable bonds is 9. The standard InChI is InChI=1S/C24H30N2O4Si/c1-17-6-7-19(24(27)28)14-18(17)8-9-20-15-25-23-21(22(20)29-2)10-11-26(23)16-30-12-13-31(3,4)5/h6-11,14-15H,12-13,16H2,1-5H3,(H,27,28)/b9-8+. The van der Waals surface area contributed by atoms with Crippen LogP contribution in [-0.4, -0.2) is 42.4 Å². The van der Waals surface area contributed by atoms with Crippen LogP contribution in [0.2, 0.25) is 25.7 Å². The molecule has 2 heterocycles. The summed E-state index contributed by atoms with van der Waals surface area (Å²) in [5.74, 6) is -0.210. The molecular weight excluding hydrogens is 408 g/mol. The lowest BCUT2D eigenvalue weighted by atomic mass is 10.0. The first-order chi connectivity index (χ1) is 14.7. The van der Waals surface area contributed by atoms with Gasteiger partial charge in [0.05, 0.1) is 18.1 Å². The van der Waals surface area contributed by atoms with Crippen LogP contribution in [0, 0.1) is 6.92 Å². The highest BCUT2D eigenvalue weighted by Gasteiger charge is 2.14. The lowest BCUT2D eigenvalue weighted by Crippen LogP contribution is -2.22. The third-order valence-electron chi connectivity index (χ3n) is 5.17. The Hall–Kier alpha value is -2.90. The second kappa shape index (κ2) is 9.49. The van der Waals surface area contributed by atoms with E-state index in [0.717, 1.165) is 46.1 Å². The van der Waals surface area contributed by atoms with E-state index in [1.807, 2.05) is 42.0 Å². The Bertz CT molecular complexity index is 1110. The van der Waals surface area contributed by atoms with E-state index in [1.165, 1.54) is 0 Å². The molecule has 1 N–H and O–H groups in total. The van der Waals surface area contributed by atoms with Gasteiger partial charge >= 0.3 is 5.97 Å². The molecule has 0 spiro atoms. The zero-order chi connectivity index (χ0) is 22.6. The Labute approximate surface area is 184 Å². The summed E-state index contributed by atoms with van der Waals surface area (Å²) in [7, 11) is 0.527. The van der Waals surface area contributed by atoms with Gasteiger partial charge in [0.15, 0.2) is 0 Å². The van der Waals surface area contributed by atoms with Gasteiger partial charge in [0.1, 0.15) is 18.1 Å². The number of carboxylic acids is 1. The van der Waals surface area contributed by atoms with E-state index in [0.29, 0.717) is 6.73 Å². The lowest BCUT2D eigenvalue weighted by molar-refractivity contribution is 0.0697. The first kappa shape index (κ1) is 22.8. The van der Waals surface area contributed by atoms with E-state index >= 15 is 0 Å². The van der Waals surface area contributed by atoms with Crippen LogP contribution in [0.1, 0.15) is 27.0 Å². The number of benzene rings is 1. The fraction of sp³-hybridized carbons (Fsp3) is 0.333. The van der Waals surface area contributed by atoms with Crippen LogP contribution in [0.5, 0.6) is 5.75 Å². The van der Waals surface area contributed by atoms with Crippen molar-refractivity contribution in [3.05, 3.63) is 58.9 Å². The maximum atomic E-state index is 11.3. The van der Waals surface area contributed by atoms with Crippen LogP contribution in [0.3, 0.4) is 0 Å². The predicted octanol–water partition coefficient (Wildman–Crippen LogP) is 5.53. The van der Waals surface area contributed by atoms with Gasteiger partial charge in [-0.2, -0.15) is 0 Å². The van der Waals surface area contributed by atoms with Crippen molar-refractivity contribution in [2.24, 2.45) is 0 Å². The number of ether oxygens (including phenoxy) is 2. The molecule has 0 aliphatic heterocycles. The van der Waals surface area contributed by atoms with Gasteiger partial charge in [0, 0.05) is 32.6 Å². The number of carboxylic acid groups (broad SMARTS) is 1. The first-order valence-corrected chi connectivity index (χ1v) is 14.0. The average Bonchev–Trinajstić information content (AvgIpc) is 3.12. The Morgan fingerprint density at radius 3 is 2.61 bits per heavy atom. The molecule has 2 aromatic heterocycles. The van der Waals surface area contributed by atoms with Crippen LogP contribution >= 0.6 is 0 Å². The van der Waals surface area contributed by atoms with Crippen molar-refractivity contribution >= 4 is 37.2 Å². The molecule has 0 saturated heterocycles. The summed E-state index contributed by atoms with van der Waals surface area (Å²) in [6.45, 7) is 10.2. The van der Waals surface area contributed by atoms with Crippen LogP contribution in [-0.2, 0) is 11.5 Å². The van der Waals surface area contributed by atoms with Crippen LogP contribution in [0.15, 0.2) is 36.7 Å². The summed E-state index contributed by atoms with van der Waals surface area (Å²) >= 11 is 0. The molecule has 31 heavy (non-hydrogen) atoms. The Morgan fingerprint density at radius 1 is 1.19 bits per heavy atom. The number of aryl methyl sites for hydroxylation is 1. The van der Waals surface area contributed by atoms with Crippen molar-refractivity contribution in [1.29, 1.82) is 0 Å². The molecule has 7 heteroatoms. The number of pyridine rings is 1. The van der Waals surface area contributed by atoms with Crippen molar-refractivity contribution in [2.75, 3.05) is 13.7 Å². The number of aromatic nitrogens is 2. The fourth-order valence-corrected chi connectivity index (χ4v) is 4.01. The maximum absolute atomic E-state index is 11.3. The second-order valence-electron chi connectivity index (χ2n) is 8.83. The number of hydrogen-bond acceptors (Lipinski definition) is 4. The number of fused-ring (bicyclic) bond motifs is 1. The van der Waals surface area contributed by atoms with Crippen LogP contribution in [0.4, 0.5) is 0 Å². The van der Waals surface area contributed by atoms with Crippen LogP contribution < -0.4 is 4.74 Å². The summed E-state index contributed by atoms with van der Waals surface area (Å²) in [6.07, 6.45) is 7.53. The van der Waals surface area contributed by atoms with E-state index in [2.05, 4.69) is 24.6 Å². The third kappa shape index (κ3) is 5.62. The topological polar surface area (TPSA) is 73.6 Å². The minimum atomic E-state index is -1.12. The summed E-state index contributed by atoms with van der Waals surface area (Å²) in [6, 6.07) is 8.19. The molecule has 0 aliphatic rings. The number of carbonyl (C=O) groups is 1. The molecular formula is C24H30N2O4Si. The summed E-state index contributed by atoms with van der Waals surface area (Å²) in [4.78, 5) is 15.9. The molecule has 0 aliphatic carbocycles. The molecule has 0 atom stereocenters. The van der Waals surface area contributed by atoms with Gasteiger partial charge in [-0.1, -0.05) is 31.8 Å². The molecule has 0 bridgehead atoms. The smallest absolute Gasteiger partial charge is 0.335 e. The fourth-order valence-electron chi connectivity index (χ4n) is 3.25. The summed E-state index contributed by atoms with van der Waals surface area (Å²) in [5.41, 5.74) is 3.74. The number of methoxy groups -OCH3 is 1. The number of nitrogens with zero attached hydrogens (tertiary/aromatic N) is 2. The quantitative estimate of drug-likeness (QED) is 0.351. The molecule has 0 unspecified atom stereocenters. The molecule has 3 rings (SSSR count). The zero-order valence-corrected chi connectivity index (χ0v) is 19.8. The second-order valence-corrected chi connectivity index (χ2v) is 14.4. The Morgan fingerprint density at radius 2 is 1.94 bits per heavy atom. The Kier molecular flexibility index (Phi) is 6.97. The van der Waals surface area contributed by atoms with Crippen molar-refractivity contribution in [2.45, 2.75) is 39.3 Å². The van der Waals surface area contributed by atoms with Crippen molar-refractivity contribution in [3.63, 3.8) is 0 Å². The minimum absolute atomic E-state index is 0.261. The Balaban J connectivity index is 1.84. The van der Waals surface area contributed by atoms with E-state index in [1.54, 1.807) is 25.4 Å². The zero-order valence-electron chi connectivity index (χ0n) is 18.8. The normalized spacial score (nSPS) is 12.0. The SMILES string of the molecule is COc1c(/C=C/c2cc(C(=O)O)ccc2C)cnc2c1ccn2COCC[Si](C)(C)C. The molecule has 3 aromatic rings. The third-order valence-corrected chi connectivity index (χ3v) is 6.87. The molecule has 0 radical (unpaired) electrons. The van der Waals surface area contributed by atoms with E-state index in [9.17, 15) is 9.90 Å². The lowest BCUT2D eigenvalue weighted by Gasteiger charge is -2.15. The van der Waals surface area contributed by atoms with Crippen molar-refractivity contribution in [3.8, 4) is 5.75 Å². The van der Waals surface area contributed by atoms with Crippen molar-refractivity contribution < 1.29 is 19.4 Å². The summed E-state index contributed by atoms with van der Waals surface area (Å²) in [5, 5.41) is 10.2. The van der Waals surface area contributed by atoms with E-state index < -0.39 is 14.0 Å². The molecule has 164 valence electrons. The molecule has 0 fully saturated rings. The monoisotopic (exact) mass is 438 g/mol. The van der Waals surface area contributed by atoms with Crippen LogP contribution in [0.25, 0.3) is 23.2 Å². The van der Waals surface area contributed by atoms with Gasteiger partial charge in [-0.25, -0.2) is 9.78 Å². The van der Waals surface area contributed by atoms with Gasteiger partial charge in [0.25, 0.3) is 0 Å². The molecule has 0 saturated carbocycles. The average molecular weight is 439 g/mol. The minimum Gasteiger partial charge on any atom is -0.495 e. The first-order valence-electron chi connectivity index (χ1n) is 10.3. The van der Waals surface area contributed by atoms with E-state index in [4.69, 9.17) is 9.47 Å². The number of aromatic carboxylic acids is 1. The highest BCUT2D eigenvalue weighted by atomic mass is 28.3. The number of hydrogen-bond donors (Lipinski definition) is 1. The predicted molar refractivity (Wildman–Crippen MR) is 127 cm³/mol. The summed E-state index contributed by atoms with van der Waals surface area (Å²) < 4.78 is 13.5. The highest BCUT2D eigenvalue weighted by molar-refractivity contribution is 6.76. The highest BCUT2D eigenvalue weighted by Crippen LogP contribution is 2.30.